The van der Waals surface area contributed by atoms with Crippen molar-refractivity contribution in [2.75, 3.05) is 33.3 Å². The van der Waals surface area contributed by atoms with E-state index in [1.165, 1.54) is 13.2 Å². The lowest BCUT2D eigenvalue weighted by Gasteiger charge is -2.48. The number of aliphatic hydroxyl groups is 1. The molecule has 4 aliphatic rings. The Morgan fingerprint density at radius 2 is 1.66 bits per heavy atom. The molecular formula is C32H33N3O9. The van der Waals surface area contributed by atoms with E-state index in [1.54, 1.807) is 11.0 Å². The van der Waals surface area contributed by atoms with Crippen LogP contribution in [0, 0.1) is 23.7 Å². The van der Waals surface area contributed by atoms with Crippen LogP contribution in [-0.4, -0.2) is 94.0 Å². The normalized spacial score (nSPS) is 28.6. The molecular weight excluding hydrogens is 570 g/mol. The van der Waals surface area contributed by atoms with E-state index in [-0.39, 0.29) is 36.7 Å². The van der Waals surface area contributed by atoms with Crippen molar-refractivity contribution in [3.8, 4) is 16.9 Å². The largest absolute Gasteiger partial charge is 0.507 e. The standard InChI is InChI=1S/C32H33N3O9/c1-44-31(42)35-10-8-34(9-11-35)15-16-2-4-17(5-3-16)20-6-7-22(36)25-21(20)13-18-12-19-14-23(37)26(30(33)41)29(40)32(19,43)28(39)24(18)27(25)38/h2-7,18-19,24,26,36,43H,8-15H2,1H3,(H2,33,41)/t18-,19+,24?,26?,32+/m1/s1. The van der Waals surface area contributed by atoms with E-state index in [0.717, 1.165) is 11.1 Å². The second-order valence-electron chi connectivity index (χ2n) is 12.2. The molecule has 0 radical (unpaired) electrons. The van der Waals surface area contributed by atoms with E-state index >= 15 is 0 Å². The highest BCUT2D eigenvalue weighted by Crippen LogP contribution is 2.51. The number of carbonyl (C=O) groups excluding carboxylic acids is 6. The van der Waals surface area contributed by atoms with E-state index in [4.69, 9.17) is 10.5 Å². The van der Waals surface area contributed by atoms with Crippen LogP contribution < -0.4 is 5.73 Å². The van der Waals surface area contributed by atoms with Crippen molar-refractivity contribution in [2.45, 2.75) is 31.4 Å². The number of phenolic OH excluding ortho intramolecular Hbond substituents is 1. The van der Waals surface area contributed by atoms with E-state index in [2.05, 4.69) is 4.90 Å². The number of phenols is 1. The van der Waals surface area contributed by atoms with Gasteiger partial charge in [-0.2, -0.15) is 0 Å². The number of ketones is 4. The second kappa shape index (κ2) is 10.9. The van der Waals surface area contributed by atoms with Gasteiger partial charge in [0.15, 0.2) is 34.7 Å². The van der Waals surface area contributed by atoms with Gasteiger partial charge in [0.1, 0.15) is 5.75 Å². The first kappa shape index (κ1) is 29.6. The van der Waals surface area contributed by atoms with Crippen LogP contribution in [0.4, 0.5) is 4.79 Å². The number of hydrogen-bond acceptors (Lipinski definition) is 10. The molecule has 5 atom stereocenters. The van der Waals surface area contributed by atoms with E-state index < -0.39 is 58.3 Å². The molecule has 44 heavy (non-hydrogen) atoms. The lowest BCUT2D eigenvalue weighted by molar-refractivity contribution is -0.175. The minimum atomic E-state index is -2.67. The van der Waals surface area contributed by atoms with Gasteiger partial charge in [-0.1, -0.05) is 30.3 Å². The number of piperazine rings is 1. The van der Waals surface area contributed by atoms with Gasteiger partial charge < -0.3 is 25.6 Å². The van der Waals surface area contributed by atoms with E-state index in [9.17, 15) is 39.0 Å². The topological polar surface area (TPSA) is 185 Å². The fraction of sp³-hybridized carbons (Fsp3) is 0.438. The molecule has 0 aromatic heterocycles. The molecule has 2 unspecified atom stereocenters. The van der Waals surface area contributed by atoms with Crippen molar-refractivity contribution in [2.24, 2.45) is 29.4 Å². The van der Waals surface area contributed by atoms with Crippen molar-refractivity contribution in [1.29, 1.82) is 0 Å². The number of nitrogens with zero attached hydrogens (tertiary/aromatic N) is 2. The third-order valence-electron chi connectivity index (χ3n) is 9.76. The minimum Gasteiger partial charge on any atom is -0.507 e. The van der Waals surface area contributed by atoms with Crippen LogP contribution in [0.15, 0.2) is 36.4 Å². The number of hydrogen-bond donors (Lipinski definition) is 3. The Kier molecular flexibility index (Phi) is 7.37. The van der Waals surface area contributed by atoms with Gasteiger partial charge in [0.25, 0.3) is 0 Å². The van der Waals surface area contributed by atoms with Crippen LogP contribution in [0.25, 0.3) is 11.1 Å². The molecule has 0 bridgehead atoms. The fourth-order valence-electron chi connectivity index (χ4n) is 7.50. The molecule has 3 aliphatic carbocycles. The second-order valence-corrected chi connectivity index (χ2v) is 12.2. The quantitative estimate of drug-likeness (QED) is 0.424. The van der Waals surface area contributed by atoms with Gasteiger partial charge in [-0.05, 0) is 47.1 Å². The van der Waals surface area contributed by atoms with Crippen molar-refractivity contribution < 1.29 is 43.7 Å². The number of nitrogens with two attached hydrogens (primary N) is 1. The van der Waals surface area contributed by atoms with Crippen molar-refractivity contribution >= 4 is 35.1 Å². The van der Waals surface area contributed by atoms with Gasteiger partial charge >= 0.3 is 6.09 Å². The maximum Gasteiger partial charge on any atom is 0.409 e. The van der Waals surface area contributed by atoms with Crippen molar-refractivity contribution in [1.82, 2.24) is 9.80 Å². The molecule has 1 saturated heterocycles. The maximum absolute atomic E-state index is 13.8. The zero-order valence-corrected chi connectivity index (χ0v) is 24.2. The van der Waals surface area contributed by atoms with Gasteiger partial charge in [0.05, 0.1) is 18.6 Å². The Balaban J connectivity index is 1.26. The monoisotopic (exact) mass is 603 g/mol. The van der Waals surface area contributed by atoms with Gasteiger partial charge in [0, 0.05) is 45.1 Å². The number of rotatable bonds is 4. The predicted molar refractivity (Wildman–Crippen MR) is 153 cm³/mol. The molecule has 2 aromatic rings. The van der Waals surface area contributed by atoms with Gasteiger partial charge in [-0.15, -0.1) is 0 Å². The summed E-state index contributed by atoms with van der Waals surface area (Å²) in [5, 5.41) is 22.1. The van der Waals surface area contributed by atoms with Crippen LogP contribution in [0.3, 0.4) is 0 Å². The number of Topliss-reactive ketones (excluding diaryl/α,β-unsaturated/α-hetero) is 4. The summed E-state index contributed by atoms with van der Waals surface area (Å²) < 4.78 is 4.80. The molecule has 12 nitrogen and oxygen atoms in total. The summed E-state index contributed by atoms with van der Waals surface area (Å²) >= 11 is 0. The third-order valence-corrected chi connectivity index (χ3v) is 9.76. The van der Waals surface area contributed by atoms with Crippen LogP contribution in [-0.2, 0) is 36.9 Å². The zero-order valence-electron chi connectivity index (χ0n) is 24.2. The molecule has 1 heterocycles. The first-order valence-corrected chi connectivity index (χ1v) is 14.6. The fourth-order valence-corrected chi connectivity index (χ4v) is 7.50. The molecule has 230 valence electrons. The molecule has 2 saturated carbocycles. The average molecular weight is 604 g/mol. The third kappa shape index (κ3) is 4.60. The number of carbonyl (C=O) groups is 6. The lowest BCUT2D eigenvalue weighted by atomic mass is 9.53. The number of methoxy groups -OCH3 is 1. The molecule has 6 rings (SSSR count). The Labute approximate surface area is 252 Å². The highest BCUT2D eigenvalue weighted by molar-refractivity contribution is 6.31. The maximum atomic E-state index is 13.8. The number of amides is 2. The SMILES string of the molecule is COC(=O)N1CCN(Cc2ccc(-c3ccc(O)c4c3C[C@H]3C[C@H]5CC(=O)C(C(N)=O)C(=O)[C@@]5(O)C(=O)C3C4=O)cc2)CC1. The summed E-state index contributed by atoms with van der Waals surface area (Å²) in [5.74, 6) is -10.3. The highest BCUT2D eigenvalue weighted by atomic mass is 16.5. The Morgan fingerprint density at radius 3 is 2.30 bits per heavy atom. The van der Waals surface area contributed by atoms with Crippen LogP contribution >= 0.6 is 0 Å². The number of ether oxygens (including phenoxy) is 1. The van der Waals surface area contributed by atoms with Crippen molar-refractivity contribution in [3.63, 3.8) is 0 Å². The zero-order chi connectivity index (χ0) is 31.5. The Morgan fingerprint density at radius 1 is 0.977 bits per heavy atom. The number of aromatic hydroxyl groups is 1. The van der Waals surface area contributed by atoms with Gasteiger partial charge in [-0.25, -0.2) is 4.79 Å². The molecule has 2 amide bonds. The predicted octanol–water partition coefficient (Wildman–Crippen LogP) is 0.878. The van der Waals surface area contributed by atoms with Gasteiger partial charge in [-0.3, -0.25) is 28.9 Å². The number of fused-ring (bicyclic) bond motifs is 3. The van der Waals surface area contributed by atoms with E-state index in [1.807, 2.05) is 24.3 Å². The summed E-state index contributed by atoms with van der Waals surface area (Å²) in [4.78, 5) is 80.7. The van der Waals surface area contributed by atoms with Gasteiger partial charge in [0.2, 0.25) is 5.91 Å². The minimum absolute atomic E-state index is 0.0301. The van der Waals surface area contributed by atoms with Crippen LogP contribution in [0.1, 0.15) is 34.3 Å². The van der Waals surface area contributed by atoms with Crippen LogP contribution in [0.2, 0.25) is 0 Å². The molecule has 4 N–H and O–H groups in total. The Hall–Kier alpha value is -4.42. The summed E-state index contributed by atoms with van der Waals surface area (Å²) in [6.45, 7) is 3.26. The molecule has 3 fully saturated rings. The average Bonchev–Trinajstić information content (AvgIpc) is 2.99. The number of primary amides is 1. The molecule has 0 spiro atoms. The number of benzene rings is 2. The molecule has 2 aromatic carbocycles. The Bertz CT molecular complexity index is 1590. The first-order valence-electron chi connectivity index (χ1n) is 14.6. The summed E-state index contributed by atoms with van der Waals surface area (Å²) in [6.07, 6.45) is -0.459. The van der Waals surface area contributed by atoms with Crippen LogP contribution in [0.5, 0.6) is 5.75 Å². The summed E-state index contributed by atoms with van der Waals surface area (Å²) in [5.41, 5.74) is 5.67. The highest BCUT2D eigenvalue weighted by Gasteiger charge is 2.66. The van der Waals surface area contributed by atoms with Crippen molar-refractivity contribution in [3.05, 3.63) is 53.1 Å². The lowest BCUT2D eigenvalue weighted by Crippen LogP contribution is -2.68. The summed E-state index contributed by atoms with van der Waals surface area (Å²) in [7, 11) is 1.37. The molecule has 1 aliphatic heterocycles. The first-order chi connectivity index (χ1) is 20.9. The smallest absolute Gasteiger partial charge is 0.409 e. The van der Waals surface area contributed by atoms with E-state index in [0.29, 0.717) is 43.9 Å². The molecule has 12 heteroatoms. The summed E-state index contributed by atoms with van der Waals surface area (Å²) in [6, 6.07) is 10.9.